The Bertz CT molecular complexity index is 941. The van der Waals surface area contributed by atoms with E-state index in [1.165, 1.54) is 35.2 Å². The van der Waals surface area contributed by atoms with Crippen LogP contribution in [-0.2, 0) is 0 Å². The summed E-state index contributed by atoms with van der Waals surface area (Å²) in [5, 5.41) is 4.48. The van der Waals surface area contributed by atoms with Crippen LogP contribution in [-0.4, -0.2) is 11.6 Å². The van der Waals surface area contributed by atoms with Gasteiger partial charge in [-0.1, -0.05) is 78.1 Å². The van der Waals surface area contributed by atoms with Gasteiger partial charge in [-0.2, -0.15) is 0 Å². The van der Waals surface area contributed by atoms with E-state index in [2.05, 4.69) is 115 Å². The number of hydrogen-bond acceptors (Lipinski definition) is 2. The second-order valence-corrected chi connectivity index (χ2v) is 14.4. The van der Waals surface area contributed by atoms with Gasteiger partial charge in [0, 0.05) is 0 Å². The first kappa shape index (κ1) is 23.5. The Morgan fingerprint density at radius 3 is 1.22 bits per heavy atom. The maximum Gasteiger partial charge on any atom is 0.673 e. The highest BCUT2D eigenvalue weighted by atomic mass is 32.2. The van der Waals surface area contributed by atoms with Crippen LogP contribution < -0.4 is 15.9 Å². The molecule has 0 atom stereocenters. The van der Waals surface area contributed by atoms with E-state index in [-0.39, 0.29) is 0 Å². The fraction of sp³-hybridized carbons (Fsp3) is 0.167. The molecule has 32 heavy (non-hydrogen) atoms. The Labute approximate surface area is 195 Å². The van der Waals surface area contributed by atoms with Gasteiger partial charge >= 0.3 is 7.25 Å². The number of rotatable bonds is 4. The summed E-state index contributed by atoms with van der Waals surface area (Å²) in [7, 11) is -7.77. The molecule has 0 saturated carbocycles. The molecular formula is C24H22BF4PS2. The summed E-state index contributed by atoms with van der Waals surface area (Å²) in [6.07, 6.45) is 3.90. The van der Waals surface area contributed by atoms with E-state index in [4.69, 9.17) is 0 Å². The summed E-state index contributed by atoms with van der Waals surface area (Å²) < 4.78 is 39.5. The molecule has 0 amide bonds. The van der Waals surface area contributed by atoms with Crippen LogP contribution in [0.4, 0.5) is 17.3 Å². The highest BCUT2D eigenvalue weighted by Crippen LogP contribution is 2.73. The van der Waals surface area contributed by atoms with Gasteiger partial charge in [0.1, 0.15) is 23.2 Å². The molecule has 1 aliphatic carbocycles. The topological polar surface area (TPSA) is 0 Å². The van der Waals surface area contributed by atoms with E-state index in [1.54, 1.807) is 9.81 Å². The lowest BCUT2D eigenvalue weighted by molar-refractivity contribution is 0.368. The fourth-order valence-corrected chi connectivity index (χ4v) is 14.6. The number of benzene rings is 3. The predicted molar refractivity (Wildman–Crippen MR) is 135 cm³/mol. The van der Waals surface area contributed by atoms with Crippen LogP contribution in [0.5, 0.6) is 0 Å². The van der Waals surface area contributed by atoms with Gasteiger partial charge in [-0.15, -0.1) is 0 Å². The molecule has 0 nitrogen and oxygen atoms in total. The van der Waals surface area contributed by atoms with E-state index in [0.29, 0.717) is 4.32 Å². The third-order valence-electron chi connectivity index (χ3n) is 5.41. The quantitative estimate of drug-likeness (QED) is 0.211. The van der Waals surface area contributed by atoms with Gasteiger partial charge in [0.15, 0.2) is 4.32 Å². The Kier molecular flexibility index (Phi) is 7.39. The molecule has 166 valence electrons. The largest absolute Gasteiger partial charge is 0.673 e. The second-order valence-electron chi connectivity index (χ2n) is 7.47. The maximum absolute atomic E-state index is 9.75. The Morgan fingerprint density at radius 2 is 0.906 bits per heavy atom. The third-order valence-corrected chi connectivity index (χ3v) is 14.5. The average molecular weight is 492 g/mol. The van der Waals surface area contributed by atoms with E-state index in [0.717, 1.165) is 0 Å². The molecule has 0 unspecified atom stereocenters. The molecule has 5 rings (SSSR count). The first-order valence-electron chi connectivity index (χ1n) is 10.4. The molecule has 0 aromatic heterocycles. The molecular weight excluding hydrogens is 470 g/mol. The van der Waals surface area contributed by atoms with Crippen molar-refractivity contribution >= 4 is 54.0 Å². The minimum absolute atomic E-state index is 0.537. The fourth-order valence-electron chi connectivity index (χ4n) is 4.16. The molecule has 3 aromatic rings. The van der Waals surface area contributed by atoms with Gasteiger partial charge in [-0.25, -0.2) is 0 Å². The summed E-state index contributed by atoms with van der Waals surface area (Å²) in [4.78, 5) is 3.33. The molecule has 8 heteroatoms. The summed E-state index contributed by atoms with van der Waals surface area (Å²) in [6, 6.07) is 33.8. The summed E-state index contributed by atoms with van der Waals surface area (Å²) in [6.45, 7) is 0. The van der Waals surface area contributed by atoms with E-state index in [9.17, 15) is 17.3 Å². The average Bonchev–Trinajstić information content (AvgIpc) is 3.38. The second kappa shape index (κ2) is 10.1. The highest BCUT2D eigenvalue weighted by molar-refractivity contribution is 8.34. The van der Waals surface area contributed by atoms with Gasteiger partial charge in [-0.05, 0) is 65.5 Å². The first-order chi connectivity index (χ1) is 15.4. The van der Waals surface area contributed by atoms with Crippen molar-refractivity contribution in [2.24, 2.45) is 0 Å². The van der Waals surface area contributed by atoms with Crippen LogP contribution in [0.3, 0.4) is 0 Å². The molecule has 1 aliphatic heterocycles. The van der Waals surface area contributed by atoms with E-state index >= 15 is 0 Å². The van der Waals surface area contributed by atoms with Crippen molar-refractivity contribution in [1.82, 2.24) is 0 Å². The molecule has 0 radical (unpaired) electrons. The van der Waals surface area contributed by atoms with Crippen LogP contribution >= 0.6 is 30.8 Å². The zero-order chi connectivity index (χ0) is 22.6. The SMILES string of the molecule is F[B-](F)(F)F.c1ccc([P+](c2ccccc2)(c2ccccc2)C2SC3=C(CCC3)S2)cc1. The molecule has 1 heterocycles. The van der Waals surface area contributed by atoms with Crippen molar-refractivity contribution in [3.63, 3.8) is 0 Å². The van der Waals surface area contributed by atoms with E-state index in [1.807, 2.05) is 0 Å². The predicted octanol–water partition coefficient (Wildman–Crippen LogP) is 7.44. The molecule has 2 aliphatic rings. The minimum Gasteiger partial charge on any atom is -0.418 e. The van der Waals surface area contributed by atoms with Crippen molar-refractivity contribution in [2.45, 2.75) is 23.6 Å². The van der Waals surface area contributed by atoms with Crippen LogP contribution in [0.25, 0.3) is 0 Å². The molecule has 0 spiro atoms. The molecule has 0 bridgehead atoms. The smallest absolute Gasteiger partial charge is 0.418 e. The van der Waals surface area contributed by atoms with Crippen LogP contribution in [0.1, 0.15) is 19.3 Å². The standard InChI is InChI=1S/C24H22PS2.BF4/c1-4-11-19(12-5-1)25(20-13-6-2-7-14-20,21-15-8-3-9-16-21)24-26-22-17-10-18-23(22)27-24;2-1(3,4)5/h1-9,11-16,24H,10,17-18H2;/q+1;-1. The molecule has 0 fully saturated rings. The van der Waals surface area contributed by atoms with Gasteiger partial charge in [0.25, 0.3) is 0 Å². The van der Waals surface area contributed by atoms with Crippen molar-refractivity contribution in [2.75, 3.05) is 0 Å². The minimum atomic E-state index is -6.00. The van der Waals surface area contributed by atoms with Gasteiger partial charge in [-0.3, -0.25) is 0 Å². The lowest BCUT2D eigenvalue weighted by atomic mass is 10.3. The van der Waals surface area contributed by atoms with Crippen molar-refractivity contribution in [3.05, 3.63) is 101 Å². The highest BCUT2D eigenvalue weighted by Gasteiger charge is 2.56. The van der Waals surface area contributed by atoms with Crippen molar-refractivity contribution in [1.29, 1.82) is 0 Å². The molecule has 3 aromatic carbocycles. The van der Waals surface area contributed by atoms with Crippen LogP contribution in [0.2, 0.25) is 0 Å². The summed E-state index contributed by atoms with van der Waals surface area (Å²) in [5.41, 5.74) is 0. The Hall–Kier alpha value is -1.69. The summed E-state index contributed by atoms with van der Waals surface area (Å²) >= 11 is 4.33. The summed E-state index contributed by atoms with van der Waals surface area (Å²) in [5.74, 6) is 0. The lowest BCUT2D eigenvalue weighted by Gasteiger charge is -2.32. The monoisotopic (exact) mass is 492 g/mol. The third kappa shape index (κ3) is 5.11. The number of halogens is 4. The van der Waals surface area contributed by atoms with Gasteiger partial charge in [0.2, 0.25) is 0 Å². The molecule has 0 saturated heterocycles. The van der Waals surface area contributed by atoms with E-state index < -0.39 is 14.5 Å². The number of allylic oxidation sites excluding steroid dienone is 2. The molecule has 0 N–H and O–H groups in total. The van der Waals surface area contributed by atoms with Crippen LogP contribution in [0, 0.1) is 0 Å². The van der Waals surface area contributed by atoms with Gasteiger partial charge < -0.3 is 17.3 Å². The maximum atomic E-state index is 9.75. The normalized spacial score (nSPS) is 16.5. The zero-order valence-corrected chi connectivity index (χ0v) is 19.7. The Morgan fingerprint density at radius 1 is 0.594 bits per heavy atom. The van der Waals surface area contributed by atoms with Crippen molar-refractivity contribution in [3.8, 4) is 0 Å². The van der Waals surface area contributed by atoms with Crippen LogP contribution in [0.15, 0.2) is 101 Å². The Balaban J connectivity index is 0.000000444. The first-order valence-corrected chi connectivity index (χ1v) is 14.0. The van der Waals surface area contributed by atoms with Gasteiger partial charge in [0.05, 0.1) is 0 Å². The van der Waals surface area contributed by atoms with Crippen molar-refractivity contribution < 1.29 is 17.3 Å². The number of hydrogen-bond donors (Lipinski definition) is 0. The lowest BCUT2D eigenvalue weighted by Crippen LogP contribution is -2.36. The zero-order valence-electron chi connectivity index (χ0n) is 17.2. The number of thioether (sulfide) groups is 2.